The largest absolute Gasteiger partial charge is 0.350 e. The number of carbonyl (C=O) groups is 1. The van der Waals surface area contributed by atoms with Crippen LogP contribution in [0.1, 0.15) is 60.8 Å². The van der Waals surface area contributed by atoms with Gasteiger partial charge in [-0.3, -0.25) is 4.79 Å². The second-order valence-corrected chi connectivity index (χ2v) is 6.59. The van der Waals surface area contributed by atoms with E-state index in [0.29, 0.717) is 0 Å². The minimum absolute atomic E-state index is 0.0765. The van der Waals surface area contributed by atoms with Gasteiger partial charge >= 0.3 is 0 Å². The maximum absolute atomic E-state index is 12.1. The molecule has 3 nitrogen and oxygen atoms in total. The maximum Gasteiger partial charge on any atom is 0.237 e. The summed E-state index contributed by atoms with van der Waals surface area (Å²) >= 11 is 0. The first-order valence-corrected chi connectivity index (χ1v) is 6.77. The molecule has 100 valence electrons. The molecule has 17 heavy (non-hydrogen) atoms. The summed E-state index contributed by atoms with van der Waals surface area (Å²) in [7, 11) is 0. The van der Waals surface area contributed by atoms with E-state index in [1.165, 1.54) is 12.8 Å². The summed E-state index contributed by atoms with van der Waals surface area (Å²) in [6.07, 6.45) is 3.51. The lowest BCUT2D eigenvalue weighted by Gasteiger charge is -2.32. The third kappa shape index (κ3) is 4.30. The first kappa shape index (κ1) is 14.5. The van der Waals surface area contributed by atoms with Gasteiger partial charge in [-0.1, -0.05) is 6.92 Å². The number of rotatable bonds is 6. The summed E-state index contributed by atoms with van der Waals surface area (Å²) in [6.45, 7) is 12.5. The summed E-state index contributed by atoms with van der Waals surface area (Å²) < 4.78 is 0. The van der Waals surface area contributed by atoms with Crippen LogP contribution in [0.4, 0.5) is 0 Å². The Morgan fingerprint density at radius 2 is 1.82 bits per heavy atom. The standard InChI is InChI=1S/C14H28N2O/c1-7-13(3,4)16-12(17)10(2)15-14(5,6)11-8-9-11/h10-11,15H,7-9H2,1-6H3,(H,16,17). The van der Waals surface area contributed by atoms with Gasteiger partial charge in [0, 0.05) is 11.1 Å². The highest BCUT2D eigenvalue weighted by molar-refractivity contribution is 5.82. The molecular weight excluding hydrogens is 212 g/mol. The predicted molar refractivity (Wildman–Crippen MR) is 71.9 cm³/mol. The van der Waals surface area contributed by atoms with Gasteiger partial charge in [0.2, 0.25) is 5.91 Å². The zero-order valence-corrected chi connectivity index (χ0v) is 12.2. The Kier molecular flexibility index (Phi) is 4.23. The minimum Gasteiger partial charge on any atom is -0.350 e. The fourth-order valence-electron chi connectivity index (χ4n) is 2.08. The summed E-state index contributed by atoms with van der Waals surface area (Å²) in [6, 6.07) is -0.128. The zero-order chi connectivity index (χ0) is 13.3. The topological polar surface area (TPSA) is 41.1 Å². The van der Waals surface area contributed by atoms with Gasteiger partial charge in [-0.05, 0) is 59.8 Å². The summed E-state index contributed by atoms with van der Waals surface area (Å²) in [5.74, 6) is 0.836. The molecule has 1 rings (SSSR count). The Hall–Kier alpha value is -0.570. The normalized spacial score (nSPS) is 18.9. The highest BCUT2D eigenvalue weighted by atomic mass is 16.2. The molecule has 1 amide bonds. The van der Waals surface area contributed by atoms with Gasteiger partial charge in [-0.2, -0.15) is 0 Å². The van der Waals surface area contributed by atoms with Crippen LogP contribution in [0.15, 0.2) is 0 Å². The number of nitrogens with one attached hydrogen (secondary N) is 2. The van der Waals surface area contributed by atoms with Crippen LogP contribution in [0.25, 0.3) is 0 Å². The quantitative estimate of drug-likeness (QED) is 0.749. The summed E-state index contributed by atoms with van der Waals surface area (Å²) in [5, 5.41) is 6.54. The SMILES string of the molecule is CCC(C)(C)NC(=O)C(C)NC(C)(C)C1CC1. The zero-order valence-electron chi connectivity index (χ0n) is 12.2. The fraction of sp³-hybridized carbons (Fsp3) is 0.929. The van der Waals surface area contributed by atoms with Gasteiger partial charge in [-0.25, -0.2) is 0 Å². The van der Waals surface area contributed by atoms with E-state index in [1.807, 2.05) is 6.92 Å². The molecule has 1 fully saturated rings. The van der Waals surface area contributed by atoms with Crippen molar-refractivity contribution in [3.05, 3.63) is 0 Å². The van der Waals surface area contributed by atoms with Crippen molar-refractivity contribution < 1.29 is 4.79 Å². The second-order valence-electron chi connectivity index (χ2n) is 6.59. The van der Waals surface area contributed by atoms with Crippen LogP contribution in [-0.4, -0.2) is 23.0 Å². The maximum atomic E-state index is 12.1. The van der Waals surface area contributed by atoms with Crippen molar-refractivity contribution in [2.75, 3.05) is 0 Å². The summed E-state index contributed by atoms with van der Waals surface area (Å²) in [4.78, 5) is 12.1. The smallest absolute Gasteiger partial charge is 0.237 e. The van der Waals surface area contributed by atoms with E-state index >= 15 is 0 Å². The van der Waals surface area contributed by atoms with Gasteiger partial charge in [0.05, 0.1) is 6.04 Å². The monoisotopic (exact) mass is 240 g/mol. The molecule has 1 atom stereocenters. The summed E-state index contributed by atoms with van der Waals surface area (Å²) in [5.41, 5.74) is -0.0378. The first-order valence-electron chi connectivity index (χ1n) is 6.77. The molecule has 2 N–H and O–H groups in total. The van der Waals surface area contributed by atoms with Crippen LogP contribution in [0, 0.1) is 5.92 Å². The molecule has 1 unspecified atom stereocenters. The van der Waals surface area contributed by atoms with Crippen molar-refractivity contribution in [2.45, 2.75) is 77.9 Å². The van der Waals surface area contributed by atoms with Crippen molar-refractivity contribution >= 4 is 5.91 Å². The Bertz CT molecular complexity index is 280. The van der Waals surface area contributed by atoms with E-state index in [1.54, 1.807) is 0 Å². The number of hydrogen-bond donors (Lipinski definition) is 2. The molecule has 0 heterocycles. The molecule has 0 radical (unpaired) electrons. The average molecular weight is 240 g/mol. The second kappa shape index (κ2) is 4.97. The molecule has 1 aliphatic rings. The van der Waals surface area contributed by atoms with Gasteiger partial charge < -0.3 is 10.6 Å². The van der Waals surface area contributed by atoms with Gasteiger partial charge in [-0.15, -0.1) is 0 Å². The third-order valence-electron chi connectivity index (χ3n) is 3.93. The molecule has 0 aromatic rings. The lowest BCUT2D eigenvalue weighted by atomic mass is 9.96. The van der Waals surface area contributed by atoms with Crippen LogP contribution >= 0.6 is 0 Å². The van der Waals surface area contributed by atoms with Crippen LogP contribution < -0.4 is 10.6 Å². The van der Waals surface area contributed by atoms with E-state index in [2.05, 4.69) is 45.3 Å². The van der Waals surface area contributed by atoms with Crippen LogP contribution in [-0.2, 0) is 4.79 Å². The Morgan fingerprint density at radius 1 is 1.29 bits per heavy atom. The first-order chi connectivity index (χ1) is 7.68. The Labute approximate surface area is 106 Å². The molecule has 0 aromatic heterocycles. The Morgan fingerprint density at radius 3 is 2.24 bits per heavy atom. The Balaban J connectivity index is 2.46. The van der Waals surface area contributed by atoms with Crippen molar-refractivity contribution in [2.24, 2.45) is 5.92 Å². The predicted octanol–water partition coefficient (Wildman–Crippen LogP) is 2.46. The minimum atomic E-state index is -0.128. The average Bonchev–Trinajstić information content (AvgIpc) is 2.99. The van der Waals surface area contributed by atoms with Gasteiger partial charge in [0.1, 0.15) is 0 Å². The molecule has 0 spiro atoms. The van der Waals surface area contributed by atoms with Crippen LogP contribution in [0.5, 0.6) is 0 Å². The van der Waals surface area contributed by atoms with E-state index < -0.39 is 0 Å². The fourth-order valence-corrected chi connectivity index (χ4v) is 2.08. The number of amides is 1. The van der Waals surface area contributed by atoms with Crippen LogP contribution in [0.3, 0.4) is 0 Å². The van der Waals surface area contributed by atoms with Crippen molar-refractivity contribution in [1.82, 2.24) is 10.6 Å². The van der Waals surface area contributed by atoms with E-state index in [9.17, 15) is 4.79 Å². The molecule has 1 saturated carbocycles. The highest BCUT2D eigenvalue weighted by Crippen LogP contribution is 2.39. The van der Waals surface area contributed by atoms with Crippen molar-refractivity contribution in [3.63, 3.8) is 0 Å². The van der Waals surface area contributed by atoms with E-state index in [0.717, 1.165) is 12.3 Å². The van der Waals surface area contributed by atoms with Gasteiger partial charge in [0.15, 0.2) is 0 Å². The van der Waals surface area contributed by atoms with E-state index in [4.69, 9.17) is 0 Å². The number of hydrogen-bond acceptors (Lipinski definition) is 2. The lowest BCUT2D eigenvalue weighted by molar-refractivity contribution is -0.124. The third-order valence-corrected chi connectivity index (χ3v) is 3.93. The van der Waals surface area contributed by atoms with Crippen molar-refractivity contribution in [3.8, 4) is 0 Å². The van der Waals surface area contributed by atoms with Crippen LogP contribution in [0.2, 0.25) is 0 Å². The molecule has 0 aliphatic heterocycles. The lowest BCUT2D eigenvalue weighted by Crippen LogP contribution is -2.56. The molecular formula is C14H28N2O. The number of carbonyl (C=O) groups excluding carboxylic acids is 1. The molecule has 0 aromatic carbocycles. The molecule has 1 aliphatic carbocycles. The van der Waals surface area contributed by atoms with Crippen molar-refractivity contribution in [1.29, 1.82) is 0 Å². The molecule has 3 heteroatoms. The van der Waals surface area contributed by atoms with Gasteiger partial charge in [0.25, 0.3) is 0 Å². The molecule has 0 bridgehead atoms. The molecule has 0 saturated heterocycles. The highest BCUT2D eigenvalue weighted by Gasteiger charge is 2.39. The van der Waals surface area contributed by atoms with E-state index in [-0.39, 0.29) is 23.0 Å².